The van der Waals surface area contributed by atoms with Crippen LogP contribution in [0.25, 0.3) is 0 Å². The van der Waals surface area contributed by atoms with Gasteiger partial charge in [-0.3, -0.25) is 4.99 Å². The van der Waals surface area contributed by atoms with Crippen molar-refractivity contribution in [2.24, 2.45) is 10.4 Å². The third kappa shape index (κ3) is 5.70. The lowest BCUT2D eigenvalue weighted by Gasteiger charge is -2.33. The van der Waals surface area contributed by atoms with Gasteiger partial charge in [-0.15, -0.1) is 0 Å². The number of unbranched alkanes of at least 4 members (excludes halogenated alkanes) is 1. The zero-order valence-corrected chi connectivity index (χ0v) is 16.9. The largest absolute Gasteiger partial charge is 0.293 e. The quantitative estimate of drug-likeness (QED) is 0.360. The van der Waals surface area contributed by atoms with Gasteiger partial charge < -0.3 is 0 Å². The van der Waals surface area contributed by atoms with Crippen molar-refractivity contribution < 1.29 is 0 Å². The Balaban J connectivity index is 2.03. The van der Waals surface area contributed by atoms with Crippen molar-refractivity contribution in [2.75, 3.05) is 6.54 Å². The molecule has 2 aliphatic carbocycles. The third-order valence-electron chi connectivity index (χ3n) is 5.48. The summed E-state index contributed by atoms with van der Waals surface area (Å²) in [5.74, 6) is 0. The van der Waals surface area contributed by atoms with Crippen LogP contribution in [0.2, 0.25) is 0 Å². The molecule has 2 aliphatic rings. The molecular formula is C24H35N. The molecule has 0 unspecified atom stereocenters. The average molecular weight is 338 g/mol. The minimum Gasteiger partial charge on any atom is -0.293 e. The molecule has 0 atom stereocenters. The van der Waals surface area contributed by atoms with E-state index in [0.717, 1.165) is 13.0 Å². The van der Waals surface area contributed by atoms with Crippen molar-refractivity contribution in [1.82, 2.24) is 0 Å². The number of aliphatic imine (C=N–C) groups is 1. The van der Waals surface area contributed by atoms with Crippen molar-refractivity contribution in [1.29, 1.82) is 0 Å². The van der Waals surface area contributed by atoms with E-state index >= 15 is 0 Å². The summed E-state index contributed by atoms with van der Waals surface area (Å²) in [5, 5.41) is 0. The normalized spacial score (nSPS) is 24.3. The molecule has 0 aromatic heterocycles. The maximum Gasteiger partial charge on any atom is 0.0389 e. The number of allylic oxidation sites excluding steroid dienone is 10. The first-order valence-corrected chi connectivity index (χ1v) is 9.89. The Kier molecular flexibility index (Phi) is 7.23. The Morgan fingerprint density at radius 1 is 1.28 bits per heavy atom. The van der Waals surface area contributed by atoms with Crippen LogP contribution in [0.5, 0.6) is 0 Å². The maximum absolute atomic E-state index is 4.44. The van der Waals surface area contributed by atoms with Crippen LogP contribution in [0.15, 0.2) is 63.2 Å². The fourth-order valence-electron chi connectivity index (χ4n) is 3.73. The van der Waals surface area contributed by atoms with Crippen LogP contribution in [0, 0.1) is 5.41 Å². The van der Waals surface area contributed by atoms with Crippen LogP contribution in [-0.2, 0) is 0 Å². The van der Waals surface area contributed by atoms with Crippen LogP contribution in [0.1, 0.15) is 73.1 Å². The second-order valence-corrected chi connectivity index (χ2v) is 8.13. The van der Waals surface area contributed by atoms with Crippen molar-refractivity contribution in [2.45, 2.75) is 73.1 Å². The van der Waals surface area contributed by atoms with E-state index in [1.807, 2.05) is 6.21 Å². The van der Waals surface area contributed by atoms with Gasteiger partial charge in [0.05, 0.1) is 0 Å². The SMILES string of the molecule is CCCCN=C/C=C1C=C/C(=C(C)/C=C/C2=C(C)CCCC2(C)C)C/1. The summed E-state index contributed by atoms with van der Waals surface area (Å²) in [6.45, 7) is 12.4. The van der Waals surface area contributed by atoms with Crippen LogP contribution >= 0.6 is 0 Å². The average Bonchev–Trinajstić information content (AvgIpc) is 3.02. The predicted molar refractivity (Wildman–Crippen MR) is 112 cm³/mol. The Morgan fingerprint density at radius 2 is 2.08 bits per heavy atom. The minimum absolute atomic E-state index is 0.315. The highest BCUT2D eigenvalue weighted by Crippen LogP contribution is 2.41. The van der Waals surface area contributed by atoms with Gasteiger partial charge in [0.15, 0.2) is 0 Å². The van der Waals surface area contributed by atoms with Crippen LogP contribution in [-0.4, -0.2) is 12.8 Å². The monoisotopic (exact) mass is 337 g/mol. The summed E-state index contributed by atoms with van der Waals surface area (Å²) in [4.78, 5) is 4.44. The first-order valence-electron chi connectivity index (χ1n) is 9.89. The number of nitrogens with zero attached hydrogens (tertiary/aromatic N) is 1. The van der Waals surface area contributed by atoms with Gasteiger partial charge in [-0.25, -0.2) is 0 Å². The topological polar surface area (TPSA) is 12.4 Å². The second-order valence-electron chi connectivity index (χ2n) is 8.13. The van der Waals surface area contributed by atoms with Crippen molar-refractivity contribution in [3.8, 4) is 0 Å². The van der Waals surface area contributed by atoms with Gasteiger partial charge in [-0.1, -0.05) is 57.1 Å². The summed E-state index contributed by atoms with van der Waals surface area (Å²) in [6, 6.07) is 0. The zero-order valence-electron chi connectivity index (χ0n) is 16.9. The van der Waals surface area contributed by atoms with Gasteiger partial charge in [0, 0.05) is 12.8 Å². The van der Waals surface area contributed by atoms with E-state index in [1.165, 1.54) is 48.8 Å². The summed E-state index contributed by atoms with van der Waals surface area (Å²) in [5.41, 5.74) is 7.59. The molecule has 0 fully saturated rings. The van der Waals surface area contributed by atoms with E-state index in [0.29, 0.717) is 5.41 Å². The summed E-state index contributed by atoms with van der Waals surface area (Å²) < 4.78 is 0. The van der Waals surface area contributed by atoms with Crippen molar-refractivity contribution in [3.63, 3.8) is 0 Å². The molecule has 0 bridgehead atoms. The lowest BCUT2D eigenvalue weighted by Crippen LogP contribution is -2.19. The fourth-order valence-corrected chi connectivity index (χ4v) is 3.73. The predicted octanol–water partition coefficient (Wildman–Crippen LogP) is 7.14. The van der Waals surface area contributed by atoms with Gasteiger partial charge in [0.2, 0.25) is 0 Å². The third-order valence-corrected chi connectivity index (χ3v) is 5.48. The zero-order chi connectivity index (χ0) is 18.3. The molecule has 136 valence electrons. The molecule has 0 spiro atoms. The molecule has 25 heavy (non-hydrogen) atoms. The molecule has 1 nitrogen and oxygen atoms in total. The molecule has 0 saturated carbocycles. The van der Waals surface area contributed by atoms with Crippen LogP contribution in [0.4, 0.5) is 0 Å². The molecule has 0 amide bonds. The number of rotatable bonds is 6. The van der Waals surface area contributed by atoms with E-state index in [-0.39, 0.29) is 0 Å². The van der Waals surface area contributed by atoms with Crippen molar-refractivity contribution in [3.05, 3.63) is 58.2 Å². The van der Waals surface area contributed by atoms with Gasteiger partial charge in [0.1, 0.15) is 0 Å². The fraction of sp³-hybridized carbons (Fsp3) is 0.542. The van der Waals surface area contributed by atoms with E-state index in [4.69, 9.17) is 0 Å². The minimum atomic E-state index is 0.315. The number of hydrogen-bond acceptors (Lipinski definition) is 1. The lowest BCUT2D eigenvalue weighted by molar-refractivity contribution is 0.377. The highest BCUT2D eigenvalue weighted by Gasteiger charge is 2.26. The summed E-state index contributed by atoms with van der Waals surface area (Å²) >= 11 is 0. The van der Waals surface area contributed by atoms with E-state index < -0.39 is 0 Å². The van der Waals surface area contributed by atoms with Crippen LogP contribution < -0.4 is 0 Å². The molecule has 0 aromatic carbocycles. The Labute approximate surface area is 155 Å². The standard InChI is InChI=1S/C24H35N/c1-6-7-16-25-17-14-21-11-12-22(18-21)19(2)10-13-23-20(3)9-8-15-24(23,4)5/h10-14,17H,6-9,15-16,18H2,1-5H3/b13-10+,21-14-,22-19-,25-17?. The van der Waals surface area contributed by atoms with Gasteiger partial charge in [-0.05, 0) is 79.7 Å². The van der Waals surface area contributed by atoms with E-state index in [2.05, 4.69) is 70.0 Å². The Bertz CT molecular complexity index is 648. The molecule has 0 aliphatic heterocycles. The second kappa shape index (κ2) is 9.17. The molecule has 0 radical (unpaired) electrons. The lowest BCUT2D eigenvalue weighted by atomic mass is 9.72. The van der Waals surface area contributed by atoms with Gasteiger partial charge in [0.25, 0.3) is 0 Å². The molecule has 0 aromatic rings. The Hall–Kier alpha value is -1.63. The van der Waals surface area contributed by atoms with Crippen LogP contribution in [0.3, 0.4) is 0 Å². The van der Waals surface area contributed by atoms with E-state index in [1.54, 1.807) is 11.1 Å². The Morgan fingerprint density at radius 3 is 2.80 bits per heavy atom. The van der Waals surface area contributed by atoms with Crippen molar-refractivity contribution >= 4 is 6.21 Å². The molecule has 0 saturated heterocycles. The maximum atomic E-state index is 4.44. The molecule has 0 N–H and O–H groups in total. The van der Waals surface area contributed by atoms with Gasteiger partial charge >= 0.3 is 0 Å². The summed E-state index contributed by atoms with van der Waals surface area (Å²) in [6.07, 6.45) is 20.6. The molecule has 1 heteroatoms. The smallest absolute Gasteiger partial charge is 0.0389 e. The number of hydrogen-bond donors (Lipinski definition) is 0. The molecule has 2 rings (SSSR count). The first-order chi connectivity index (χ1) is 11.9. The highest BCUT2D eigenvalue weighted by molar-refractivity contribution is 5.74. The first kappa shape index (κ1) is 19.7. The molecule has 0 heterocycles. The van der Waals surface area contributed by atoms with E-state index in [9.17, 15) is 0 Å². The van der Waals surface area contributed by atoms with Gasteiger partial charge in [-0.2, -0.15) is 0 Å². The molecular weight excluding hydrogens is 302 g/mol. The summed E-state index contributed by atoms with van der Waals surface area (Å²) in [7, 11) is 0. The highest BCUT2D eigenvalue weighted by atomic mass is 14.7.